The van der Waals surface area contributed by atoms with Gasteiger partial charge in [0.1, 0.15) is 5.82 Å². The molecule has 1 fully saturated rings. The molecule has 0 amide bonds. The van der Waals surface area contributed by atoms with E-state index in [2.05, 4.69) is 31.7 Å². The van der Waals surface area contributed by atoms with E-state index in [1.165, 1.54) is 0 Å². The van der Waals surface area contributed by atoms with Gasteiger partial charge in [0.2, 0.25) is 11.9 Å². The molecule has 1 atom stereocenters. The maximum atomic E-state index is 6.31. The monoisotopic (exact) mass is 367 g/mol. The van der Waals surface area contributed by atoms with Gasteiger partial charge < -0.3 is 16.4 Å². The molecule has 1 aliphatic rings. The normalized spacial score (nSPS) is 18.8. The van der Waals surface area contributed by atoms with E-state index in [0.717, 1.165) is 25.3 Å². The molecule has 2 aromatic rings. The highest BCUT2D eigenvalue weighted by Crippen LogP contribution is 2.30. The highest BCUT2D eigenvalue weighted by molar-refractivity contribution is 6.35. The van der Waals surface area contributed by atoms with Gasteiger partial charge in [0, 0.05) is 30.7 Å². The van der Waals surface area contributed by atoms with Crippen molar-refractivity contribution < 1.29 is 0 Å². The van der Waals surface area contributed by atoms with Crippen molar-refractivity contribution in [3.8, 4) is 0 Å². The first-order valence-electron chi connectivity index (χ1n) is 7.62. The van der Waals surface area contributed by atoms with Crippen LogP contribution >= 0.6 is 23.2 Å². The Morgan fingerprint density at radius 1 is 1.12 bits per heavy atom. The second kappa shape index (κ2) is 6.96. The molecule has 7 nitrogen and oxygen atoms in total. The van der Waals surface area contributed by atoms with Gasteiger partial charge in [0.25, 0.3) is 0 Å². The van der Waals surface area contributed by atoms with Gasteiger partial charge in [-0.15, -0.1) is 0 Å². The standard InChI is InChI=1S/C15H19Cl2N7/c1-9-7-24(12-6-10(16)2-3-11(12)17)5-4-23(9)8-13-20-14(18)22-15(19)21-13/h2-3,6,9H,4-5,7-8H2,1H3,(H4,18,19,20,21,22)/t9-/m1/s1. The minimum atomic E-state index is 0.148. The first-order valence-corrected chi connectivity index (χ1v) is 8.38. The van der Waals surface area contributed by atoms with Gasteiger partial charge in [0.15, 0.2) is 0 Å². The third kappa shape index (κ3) is 3.80. The molecule has 24 heavy (non-hydrogen) atoms. The second-order valence-corrected chi connectivity index (χ2v) is 6.67. The molecule has 3 rings (SSSR count). The van der Waals surface area contributed by atoms with E-state index in [1.54, 1.807) is 6.07 Å². The Labute approximate surface area is 150 Å². The number of rotatable bonds is 3. The van der Waals surface area contributed by atoms with Crippen molar-refractivity contribution in [1.29, 1.82) is 0 Å². The smallest absolute Gasteiger partial charge is 0.225 e. The van der Waals surface area contributed by atoms with Gasteiger partial charge in [-0.3, -0.25) is 4.90 Å². The summed E-state index contributed by atoms with van der Waals surface area (Å²) in [6, 6.07) is 5.81. The van der Waals surface area contributed by atoms with Crippen LogP contribution in [-0.2, 0) is 6.54 Å². The van der Waals surface area contributed by atoms with Crippen LogP contribution in [0.15, 0.2) is 18.2 Å². The van der Waals surface area contributed by atoms with E-state index in [0.29, 0.717) is 22.4 Å². The number of piperazine rings is 1. The fourth-order valence-electron chi connectivity index (χ4n) is 2.89. The Balaban J connectivity index is 1.70. The minimum absolute atomic E-state index is 0.148. The SMILES string of the molecule is C[C@@H]1CN(c2cc(Cl)ccc2Cl)CCN1Cc1nc(N)nc(N)n1. The zero-order chi connectivity index (χ0) is 17.3. The van der Waals surface area contributed by atoms with Crippen molar-refractivity contribution in [1.82, 2.24) is 19.9 Å². The molecule has 0 saturated carbocycles. The zero-order valence-electron chi connectivity index (χ0n) is 13.3. The summed E-state index contributed by atoms with van der Waals surface area (Å²) in [6.07, 6.45) is 0. The summed E-state index contributed by atoms with van der Waals surface area (Å²) >= 11 is 12.4. The molecule has 1 saturated heterocycles. The van der Waals surface area contributed by atoms with Crippen molar-refractivity contribution in [2.75, 3.05) is 36.0 Å². The van der Waals surface area contributed by atoms with Gasteiger partial charge in [-0.2, -0.15) is 15.0 Å². The number of aromatic nitrogens is 3. The number of nitrogen functional groups attached to an aromatic ring is 2. The van der Waals surface area contributed by atoms with Crippen LogP contribution in [0.1, 0.15) is 12.7 Å². The maximum absolute atomic E-state index is 6.31. The molecule has 9 heteroatoms. The van der Waals surface area contributed by atoms with Gasteiger partial charge in [-0.05, 0) is 25.1 Å². The Kier molecular flexibility index (Phi) is 4.93. The van der Waals surface area contributed by atoms with E-state index in [4.69, 9.17) is 34.7 Å². The summed E-state index contributed by atoms with van der Waals surface area (Å²) < 4.78 is 0. The van der Waals surface area contributed by atoms with Crippen LogP contribution in [0, 0.1) is 0 Å². The van der Waals surface area contributed by atoms with Crippen molar-refractivity contribution in [3.05, 3.63) is 34.1 Å². The fourth-order valence-corrected chi connectivity index (χ4v) is 3.29. The van der Waals surface area contributed by atoms with Crippen molar-refractivity contribution in [2.45, 2.75) is 19.5 Å². The molecule has 0 spiro atoms. The molecule has 0 bridgehead atoms. The van der Waals surface area contributed by atoms with Gasteiger partial charge in [-0.1, -0.05) is 23.2 Å². The van der Waals surface area contributed by atoms with Crippen LogP contribution in [-0.4, -0.2) is 45.5 Å². The van der Waals surface area contributed by atoms with Crippen LogP contribution in [0.5, 0.6) is 0 Å². The lowest BCUT2D eigenvalue weighted by Gasteiger charge is -2.41. The molecule has 2 heterocycles. The first-order chi connectivity index (χ1) is 11.4. The minimum Gasteiger partial charge on any atom is -0.368 e. The van der Waals surface area contributed by atoms with Crippen LogP contribution in [0.2, 0.25) is 10.0 Å². The lowest BCUT2D eigenvalue weighted by Crippen LogP contribution is -2.51. The predicted octanol–water partition coefficient (Wildman–Crippen LogP) is 2.05. The molecular formula is C15H19Cl2N7. The van der Waals surface area contributed by atoms with Crippen molar-refractivity contribution >= 4 is 40.8 Å². The highest BCUT2D eigenvalue weighted by atomic mass is 35.5. The third-order valence-electron chi connectivity index (χ3n) is 4.07. The molecule has 128 valence electrons. The molecule has 1 aliphatic heterocycles. The van der Waals surface area contributed by atoms with E-state index in [-0.39, 0.29) is 17.9 Å². The number of benzene rings is 1. The molecular weight excluding hydrogens is 349 g/mol. The van der Waals surface area contributed by atoms with Gasteiger partial charge in [-0.25, -0.2) is 0 Å². The average molecular weight is 368 g/mol. The summed E-state index contributed by atoms with van der Waals surface area (Å²) in [5.41, 5.74) is 12.2. The van der Waals surface area contributed by atoms with E-state index in [9.17, 15) is 0 Å². The van der Waals surface area contributed by atoms with Crippen LogP contribution in [0.4, 0.5) is 17.6 Å². The van der Waals surface area contributed by atoms with E-state index < -0.39 is 0 Å². The number of hydrogen-bond acceptors (Lipinski definition) is 7. The molecule has 0 radical (unpaired) electrons. The average Bonchev–Trinajstić information content (AvgIpc) is 2.51. The quantitative estimate of drug-likeness (QED) is 0.856. The number of nitrogens with zero attached hydrogens (tertiary/aromatic N) is 5. The maximum Gasteiger partial charge on any atom is 0.225 e. The Hall–Kier alpha value is -1.83. The number of nitrogens with two attached hydrogens (primary N) is 2. The topological polar surface area (TPSA) is 97.2 Å². The van der Waals surface area contributed by atoms with Crippen LogP contribution < -0.4 is 16.4 Å². The first kappa shape index (κ1) is 17.0. The highest BCUT2D eigenvalue weighted by Gasteiger charge is 2.26. The summed E-state index contributed by atoms with van der Waals surface area (Å²) in [5.74, 6) is 0.880. The Morgan fingerprint density at radius 2 is 1.83 bits per heavy atom. The number of anilines is 3. The molecule has 0 aliphatic carbocycles. The zero-order valence-corrected chi connectivity index (χ0v) is 14.8. The third-order valence-corrected chi connectivity index (χ3v) is 4.63. The predicted molar refractivity (Wildman–Crippen MR) is 97.2 cm³/mol. The Morgan fingerprint density at radius 3 is 2.50 bits per heavy atom. The molecule has 4 N–H and O–H groups in total. The van der Waals surface area contributed by atoms with Crippen LogP contribution in [0.3, 0.4) is 0 Å². The Bertz CT molecular complexity index is 720. The summed E-state index contributed by atoms with van der Waals surface area (Å²) in [5, 5.41) is 1.39. The second-order valence-electron chi connectivity index (χ2n) is 5.83. The summed E-state index contributed by atoms with van der Waals surface area (Å²) in [4.78, 5) is 16.6. The summed E-state index contributed by atoms with van der Waals surface area (Å²) in [6.45, 7) is 5.24. The van der Waals surface area contributed by atoms with E-state index in [1.807, 2.05) is 12.1 Å². The number of hydrogen-bond donors (Lipinski definition) is 2. The van der Waals surface area contributed by atoms with Gasteiger partial charge in [0.05, 0.1) is 17.3 Å². The number of halogens is 2. The van der Waals surface area contributed by atoms with Crippen LogP contribution in [0.25, 0.3) is 0 Å². The van der Waals surface area contributed by atoms with Crippen molar-refractivity contribution in [3.63, 3.8) is 0 Å². The molecule has 1 aromatic heterocycles. The lowest BCUT2D eigenvalue weighted by molar-refractivity contribution is 0.176. The van der Waals surface area contributed by atoms with Crippen molar-refractivity contribution in [2.24, 2.45) is 0 Å². The lowest BCUT2D eigenvalue weighted by atomic mass is 10.1. The van der Waals surface area contributed by atoms with E-state index >= 15 is 0 Å². The molecule has 1 aromatic carbocycles. The molecule has 0 unspecified atom stereocenters. The summed E-state index contributed by atoms with van der Waals surface area (Å²) in [7, 11) is 0. The largest absolute Gasteiger partial charge is 0.368 e. The fraction of sp³-hybridized carbons (Fsp3) is 0.400. The van der Waals surface area contributed by atoms with Gasteiger partial charge >= 0.3 is 0 Å².